The molecule has 2 N–H and O–H groups in total. The highest BCUT2D eigenvalue weighted by molar-refractivity contribution is 14.1. The Morgan fingerprint density at radius 2 is 2.09 bits per heavy atom. The van der Waals surface area contributed by atoms with Gasteiger partial charge in [-0.1, -0.05) is 6.07 Å². The van der Waals surface area contributed by atoms with E-state index in [2.05, 4.69) is 10.5 Å². The molecule has 0 atom stereocenters. The summed E-state index contributed by atoms with van der Waals surface area (Å²) in [4.78, 5) is 12.1. The molecule has 5 nitrogen and oxygen atoms in total. The van der Waals surface area contributed by atoms with Crippen LogP contribution in [0.4, 0.5) is 0 Å². The number of phenolic OH excluding ortho intramolecular Hbond substituents is 1. The van der Waals surface area contributed by atoms with Gasteiger partial charge in [0.1, 0.15) is 11.5 Å². The molecule has 0 aliphatic carbocycles. The lowest BCUT2D eigenvalue weighted by atomic mass is 10.1. The number of halogens is 1. The van der Waals surface area contributed by atoms with E-state index >= 15 is 0 Å². The van der Waals surface area contributed by atoms with Crippen LogP contribution in [0.5, 0.6) is 11.5 Å². The molecule has 114 valence electrons. The van der Waals surface area contributed by atoms with Crippen LogP contribution >= 0.6 is 22.6 Å². The Bertz CT molecular complexity index is 729. The number of aromatic hydroxyl groups is 1. The van der Waals surface area contributed by atoms with Crippen LogP contribution in [0, 0.1) is 10.5 Å². The molecule has 0 aliphatic heterocycles. The van der Waals surface area contributed by atoms with Crippen molar-refractivity contribution in [2.75, 3.05) is 7.11 Å². The van der Waals surface area contributed by atoms with Crippen LogP contribution in [-0.4, -0.2) is 24.3 Å². The van der Waals surface area contributed by atoms with E-state index in [4.69, 9.17) is 4.74 Å². The summed E-state index contributed by atoms with van der Waals surface area (Å²) in [6.07, 6.45) is 1.51. The summed E-state index contributed by atoms with van der Waals surface area (Å²) >= 11 is 2.02. The van der Waals surface area contributed by atoms with Crippen molar-refractivity contribution >= 4 is 34.7 Å². The number of carbonyl (C=O) groups is 1. The zero-order valence-electron chi connectivity index (χ0n) is 12.1. The maximum absolute atomic E-state index is 12.1. The standard InChI is InChI=1S/C16H15IN2O3/c1-10-3-5-12(15(7-10)22-2)16(21)19-18-9-11-4-6-14(20)13(17)8-11/h3-9,20H,1-2H3,(H,19,21)/b18-9-. The van der Waals surface area contributed by atoms with Crippen molar-refractivity contribution in [3.8, 4) is 11.5 Å². The average Bonchev–Trinajstić information content (AvgIpc) is 2.50. The summed E-state index contributed by atoms with van der Waals surface area (Å²) in [5.74, 6) is 0.375. The summed E-state index contributed by atoms with van der Waals surface area (Å²) in [5.41, 5.74) is 4.67. The molecular weight excluding hydrogens is 395 g/mol. The van der Waals surface area contributed by atoms with Crippen LogP contribution in [0.1, 0.15) is 21.5 Å². The van der Waals surface area contributed by atoms with Gasteiger partial charge >= 0.3 is 0 Å². The van der Waals surface area contributed by atoms with E-state index in [0.717, 1.165) is 11.1 Å². The molecule has 1 amide bonds. The molecule has 0 saturated carbocycles. The van der Waals surface area contributed by atoms with Gasteiger partial charge in [-0.2, -0.15) is 5.10 Å². The number of nitrogens with one attached hydrogen (secondary N) is 1. The van der Waals surface area contributed by atoms with Crippen LogP contribution in [0.2, 0.25) is 0 Å². The van der Waals surface area contributed by atoms with Gasteiger partial charge in [0.15, 0.2) is 0 Å². The third-order valence-electron chi connectivity index (χ3n) is 2.95. The maximum atomic E-state index is 12.1. The second-order valence-corrected chi connectivity index (χ2v) is 5.78. The molecule has 0 saturated heterocycles. The normalized spacial score (nSPS) is 10.7. The van der Waals surface area contributed by atoms with Crippen molar-refractivity contribution in [3.05, 3.63) is 56.7 Å². The number of hydrogen-bond acceptors (Lipinski definition) is 4. The van der Waals surface area contributed by atoms with Gasteiger partial charge in [-0.25, -0.2) is 5.43 Å². The molecule has 2 aromatic rings. The van der Waals surface area contributed by atoms with Gasteiger partial charge in [0.2, 0.25) is 0 Å². The number of hydrazone groups is 1. The quantitative estimate of drug-likeness (QED) is 0.463. The Morgan fingerprint density at radius 1 is 1.32 bits per heavy atom. The van der Waals surface area contributed by atoms with Crippen molar-refractivity contribution < 1.29 is 14.6 Å². The number of amides is 1. The van der Waals surface area contributed by atoms with Crippen LogP contribution in [0.25, 0.3) is 0 Å². The zero-order valence-corrected chi connectivity index (χ0v) is 14.3. The van der Waals surface area contributed by atoms with Crippen molar-refractivity contribution in [2.24, 2.45) is 5.10 Å². The summed E-state index contributed by atoms with van der Waals surface area (Å²) in [6, 6.07) is 10.4. The van der Waals surface area contributed by atoms with E-state index in [0.29, 0.717) is 14.9 Å². The number of rotatable bonds is 4. The Labute approximate surface area is 142 Å². The van der Waals surface area contributed by atoms with Crippen molar-refractivity contribution in [3.63, 3.8) is 0 Å². The molecule has 0 aliphatic rings. The fourth-order valence-corrected chi connectivity index (χ4v) is 2.35. The molecule has 0 heterocycles. The second-order valence-electron chi connectivity index (χ2n) is 4.61. The summed E-state index contributed by atoms with van der Waals surface area (Å²) in [6.45, 7) is 1.93. The number of nitrogens with zero attached hydrogens (tertiary/aromatic N) is 1. The number of hydrogen-bond donors (Lipinski definition) is 2. The lowest BCUT2D eigenvalue weighted by molar-refractivity contribution is 0.0952. The maximum Gasteiger partial charge on any atom is 0.275 e. The first kappa shape index (κ1) is 16.3. The van der Waals surface area contributed by atoms with Crippen LogP contribution in [0.15, 0.2) is 41.5 Å². The number of benzene rings is 2. The van der Waals surface area contributed by atoms with E-state index < -0.39 is 0 Å². The van der Waals surface area contributed by atoms with Gasteiger partial charge in [0, 0.05) is 0 Å². The Balaban J connectivity index is 2.09. The number of methoxy groups -OCH3 is 1. The van der Waals surface area contributed by atoms with Crippen LogP contribution < -0.4 is 10.2 Å². The lowest BCUT2D eigenvalue weighted by Gasteiger charge is -2.07. The van der Waals surface area contributed by atoms with E-state index in [9.17, 15) is 9.90 Å². The highest BCUT2D eigenvalue weighted by Gasteiger charge is 2.11. The van der Waals surface area contributed by atoms with Crippen LogP contribution in [-0.2, 0) is 0 Å². The molecular formula is C16H15IN2O3. The first-order valence-corrected chi connectivity index (χ1v) is 7.55. The minimum Gasteiger partial charge on any atom is -0.507 e. The molecule has 0 fully saturated rings. The first-order chi connectivity index (χ1) is 10.5. The molecule has 0 unspecified atom stereocenters. The van der Waals surface area contributed by atoms with Gasteiger partial charge in [-0.15, -0.1) is 0 Å². The number of ether oxygens (including phenoxy) is 1. The Kier molecular flexibility index (Phi) is 5.37. The molecule has 22 heavy (non-hydrogen) atoms. The first-order valence-electron chi connectivity index (χ1n) is 6.48. The van der Waals surface area contributed by atoms with E-state index in [1.165, 1.54) is 13.3 Å². The molecule has 0 spiro atoms. The van der Waals surface area contributed by atoms with E-state index in [-0.39, 0.29) is 11.7 Å². The fraction of sp³-hybridized carbons (Fsp3) is 0.125. The summed E-state index contributed by atoms with van der Waals surface area (Å²) in [7, 11) is 1.52. The van der Waals surface area contributed by atoms with Crippen molar-refractivity contribution in [1.29, 1.82) is 0 Å². The SMILES string of the molecule is COc1cc(C)ccc1C(=O)N/N=C\c1ccc(O)c(I)c1. The molecule has 2 aromatic carbocycles. The predicted octanol–water partition coefficient (Wildman–Crippen LogP) is 3.08. The molecule has 6 heteroatoms. The average molecular weight is 410 g/mol. The Hall–Kier alpha value is -2.09. The van der Waals surface area contributed by atoms with Gasteiger partial charge in [0.05, 0.1) is 22.5 Å². The second kappa shape index (κ2) is 7.26. The topological polar surface area (TPSA) is 70.9 Å². The summed E-state index contributed by atoms with van der Waals surface area (Å²) < 4.78 is 5.92. The Morgan fingerprint density at radius 3 is 2.77 bits per heavy atom. The smallest absolute Gasteiger partial charge is 0.275 e. The monoisotopic (exact) mass is 410 g/mol. The van der Waals surface area contributed by atoms with E-state index in [1.807, 2.05) is 35.6 Å². The van der Waals surface area contributed by atoms with Crippen molar-refractivity contribution in [1.82, 2.24) is 5.43 Å². The van der Waals surface area contributed by atoms with Gasteiger partial charge in [-0.3, -0.25) is 4.79 Å². The minimum absolute atomic E-state index is 0.214. The molecule has 0 bridgehead atoms. The lowest BCUT2D eigenvalue weighted by Crippen LogP contribution is -2.18. The fourth-order valence-electron chi connectivity index (χ4n) is 1.82. The molecule has 2 rings (SSSR count). The van der Waals surface area contributed by atoms with Gasteiger partial charge in [0.25, 0.3) is 5.91 Å². The van der Waals surface area contributed by atoms with Gasteiger partial charge in [-0.05, 0) is 71.0 Å². The zero-order chi connectivity index (χ0) is 16.1. The number of aryl methyl sites for hydroxylation is 1. The third-order valence-corrected chi connectivity index (χ3v) is 3.82. The highest BCUT2D eigenvalue weighted by Crippen LogP contribution is 2.20. The van der Waals surface area contributed by atoms with Crippen LogP contribution in [0.3, 0.4) is 0 Å². The predicted molar refractivity (Wildman–Crippen MR) is 93.6 cm³/mol. The largest absolute Gasteiger partial charge is 0.507 e. The number of phenols is 1. The van der Waals surface area contributed by atoms with E-state index in [1.54, 1.807) is 30.3 Å². The summed E-state index contributed by atoms with van der Waals surface area (Å²) in [5, 5.41) is 13.4. The van der Waals surface area contributed by atoms with Crippen molar-refractivity contribution in [2.45, 2.75) is 6.92 Å². The third kappa shape index (κ3) is 3.97. The number of carbonyl (C=O) groups excluding carboxylic acids is 1. The van der Waals surface area contributed by atoms with Gasteiger partial charge < -0.3 is 9.84 Å². The highest BCUT2D eigenvalue weighted by atomic mass is 127. The minimum atomic E-state index is -0.346. The molecule has 0 radical (unpaired) electrons. The molecule has 0 aromatic heterocycles.